The van der Waals surface area contributed by atoms with Gasteiger partial charge in [0.1, 0.15) is 13.2 Å². The second kappa shape index (κ2) is 64.0. The van der Waals surface area contributed by atoms with Gasteiger partial charge in [0.15, 0.2) is 6.10 Å². The average Bonchev–Trinajstić information content (AvgIpc) is 3.43. The van der Waals surface area contributed by atoms with E-state index in [1.807, 2.05) is 0 Å². The lowest BCUT2D eigenvalue weighted by atomic mass is 9.99. The van der Waals surface area contributed by atoms with Crippen LogP contribution in [0.15, 0.2) is 0 Å². The van der Waals surface area contributed by atoms with Gasteiger partial charge in [-0.1, -0.05) is 375 Å². The van der Waals surface area contributed by atoms with E-state index in [0.29, 0.717) is 19.3 Å². The molecule has 0 aromatic heterocycles. The molecule has 0 amide bonds. The first-order chi connectivity index (χ1) is 38.6. The Labute approximate surface area is 495 Å². The highest BCUT2D eigenvalue weighted by Crippen LogP contribution is 2.20. The van der Waals surface area contributed by atoms with Crippen molar-refractivity contribution in [3.8, 4) is 0 Å². The molecule has 0 N–H and O–H groups in total. The van der Waals surface area contributed by atoms with Crippen LogP contribution >= 0.6 is 0 Å². The molecule has 2 atom stereocenters. The molecule has 0 rings (SSSR count). The molecule has 6 heteroatoms. The van der Waals surface area contributed by atoms with Crippen molar-refractivity contribution in [2.75, 3.05) is 13.2 Å². The maximum absolute atomic E-state index is 13.0. The van der Waals surface area contributed by atoms with Crippen LogP contribution < -0.4 is 0 Å². The average molecular weight is 1120 g/mol. The van der Waals surface area contributed by atoms with Gasteiger partial charge in [-0.05, 0) is 37.0 Å². The summed E-state index contributed by atoms with van der Waals surface area (Å²) in [5.74, 6) is 1.79. The molecule has 0 saturated heterocycles. The quantitative estimate of drug-likeness (QED) is 0.0343. The van der Waals surface area contributed by atoms with E-state index >= 15 is 0 Å². The smallest absolute Gasteiger partial charge is 0.306 e. The van der Waals surface area contributed by atoms with Crippen LogP contribution in [0, 0.1) is 17.8 Å². The van der Waals surface area contributed by atoms with Gasteiger partial charge in [0.05, 0.1) is 0 Å². The first-order valence-corrected chi connectivity index (χ1v) is 36.1. The Morgan fingerprint density at radius 3 is 0.658 bits per heavy atom. The van der Waals surface area contributed by atoms with Crippen molar-refractivity contribution in [2.24, 2.45) is 17.8 Å². The zero-order chi connectivity index (χ0) is 57.6. The van der Waals surface area contributed by atoms with Gasteiger partial charge in [-0.15, -0.1) is 0 Å². The molecule has 0 spiro atoms. The number of carbonyl (C=O) groups is 3. The number of esters is 3. The normalized spacial score (nSPS) is 12.5. The first kappa shape index (κ1) is 77.4. The Bertz CT molecular complexity index is 1230. The van der Waals surface area contributed by atoms with Crippen LogP contribution in [0.3, 0.4) is 0 Å². The van der Waals surface area contributed by atoms with Gasteiger partial charge in [0.2, 0.25) is 0 Å². The molecule has 0 aliphatic heterocycles. The molecule has 0 heterocycles. The molecule has 0 radical (unpaired) electrons. The highest BCUT2D eigenvalue weighted by atomic mass is 16.6. The second-order valence-electron chi connectivity index (χ2n) is 26.4. The molecule has 0 fully saturated rings. The van der Waals surface area contributed by atoms with Crippen molar-refractivity contribution >= 4 is 17.9 Å². The van der Waals surface area contributed by atoms with Gasteiger partial charge >= 0.3 is 17.9 Å². The van der Waals surface area contributed by atoms with Crippen molar-refractivity contribution in [1.82, 2.24) is 0 Å². The highest BCUT2D eigenvalue weighted by molar-refractivity contribution is 5.71. The first-order valence-electron chi connectivity index (χ1n) is 36.1. The third-order valence-corrected chi connectivity index (χ3v) is 17.3. The number of ether oxygens (including phenoxy) is 3. The summed E-state index contributed by atoms with van der Waals surface area (Å²) in [5.41, 5.74) is 0. The largest absolute Gasteiger partial charge is 0.462 e. The Morgan fingerprint density at radius 2 is 0.443 bits per heavy atom. The number of rotatable bonds is 66. The fourth-order valence-electron chi connectivity index (χ4n) is 11.4. The molecule has 1 unspecified atom stereocenters. The lowest BCUT2D eigenvalue weighted by molar-refractivity contribution is -0.167. The van der Waals surface area contributed by atoms with E-state index < -0.39 is 6.10 Å². The van der Waals surface area contributed by atoms with Gasteiger partial charge in [-0.3, -0.25) is 14.4 Å². The molecule has 6 nitrogen and oxygen atoms in total. The Kier molecular flexibility index (Phi) is 62.7. The molecule has 0 saturated carbocycles. The van der Waals surface area contributed by atoms with Gasteiger partial charge < -0.3 is 14.2 Å². The standard InChI is InChI=1S/C73H142O6/c1-7-69(6)61-55-49-43-37-31-25-19-13-9-11-15-21-27-33-39-45-51-57-63-72(75)78-66-70(79-73(76)64-58-52-46-40-34-28-22-16-18-24-30-36-42-48-54-60-68(4)5)65-77-71(74)62-56-50-44-38-32-26-20-14-10-8-12-17-23-29-35-41-47-53-59-67(2)3/h67-70H,7-66H2,1-6H3/t69?,70-/m1/s1. The summed E-state index contributed by atoms with van der Waals surface area (Å²) in [4.78, 5) is 38.5. The summed E-state index contributed by atoms with van der Waals surface area (Å²) in [7, 11) is 0. The van der Waals surface area contributed by atoms with Crippen molar-refractivity contribution in [3.63, 3.8) is 0 Å². The highest BCUT2D eigenvalue weighted by Gasteiger charge is 2.20. The third-order valence-electron chi connectivity index (χ3n) is 17.3. The fraction of sp³-hybridized carbons (Fsp3) is 0.959. The SMILES string of the molecule is CCC(C)CCCCCCCCCCCCCCCCCCCCC(=O)OC[C@@H](COC(=O)CCCCCCCCCCCCCCCCCCCCC(C)C)OC(=O)CCCCCCCCCCCCCCCCCC(C)C. The molecular weight excluding hydrogens is 973 g/mol. The predicted molar refractivity (Wildman–Crippen MR) is 344 cm³/mol. The molecular formula is C73H142O6. The topological polar surface area (TPSA) is 78.9 Å². The Morgan fingerprint density at radius 1 is 0.253 bits per heavy atom. The van der Waals surface area contributed by atoms with Crippen molar-refractivity contribution in [3.05, 3.63) is 0 Å². The molecule has 470 valence electrons. The van der Waals surface area contributed by atoms with Crippen molar-refractivity contribution in [1.29, 1.82) is 0 Å². The van der Waals surface area contributed by atoms with E-state index in [9.17, 15) is 14.4 Å². The minimum absolute atomic E-state index is 0.0616. The summed E-state index contributed by atoms with van der Waals surface area (Å²) >= 11 is 0. The van der Waals surface area contributed by atoms with E-state index in [0.717, 1.165) is 75.5 Å². The van der Waals surface area contributed by atoms with Crippen LogP contribution in [0.1, 0.15) is 414 Å². The van der Waals surface area contributed by atoms with Crippen LogP contribution in [-0.2, 0) is 28.6 Å². The van der Waals surface area contributed by atoms with E-state index in [4.69, 9.17) is 14.2 Å². The zero-order valence-electron chi connectivity index (χ0n) is 54.7. The van der Waals surface area contributed by atoms with E-state index in [1.165, 1.54) is 295 Å². The zero-order valence-corrected chi connectivity index (χ0v) is 54.7. The lowest BCUT2D eigenvalue weighted by Crippen LogP contribution is -2.30. The molecule has 0 aromatic rings. The van der Waals surface area contributed by atoms with Crippen LogP contribution in [0.5, 0.6) is 0 Å². The molecule has 0 aliphatic rings. The van der Waals surface area contributed by atoms with E-state index in [1.54, 1.807) is 0 Å². The van der Waals surface area contributed by atoms with Crippen LogP contribution in [0.4, 0.5) is 0 Å². The minimum atomic E-state index is -0.766. The van der Waals surface area contributed by atoms with E-state index in [-0.39, 0.29) is 31.1 Å². The lowest BCUT2D eigenvalue weighted by Gasteiger charge is -2.18. The van der Waals surface area contributed by atoms with Crippen LogP contribution in [-0.4, -0.2) is 37.2 Å². The van der Waals surface area contributed by atoms with Crippen molar-refractivity contribution < 1.29 is 28.6 Å². The summed E-state index contributed by atoms with van der Waals surface area (Å²) < 4.78 is 17.0. The predicted octanol–water partition coefficient (Wildman–Crippen LogP) is 24.6. The number of unbranched alkanes of at least 4 members (excludes halogenated alkanes) is 48. The summed E-state index contributed by atoms with van der Waals surface area (Å²) in [6, 6.07) is 0. The third kappa shape index (κ3) is 65.4. The maximum atomic E-state index is 13.0. The fourth-order valence-corrected chi connectivity index (χ4v) is 11.4. The summed E-state index contributed by atoms with van der Waals surface area (Å²) in [6.07, 6.45) is 72.6. The molecule has 0 aliphatic carbocycles. The molecule has 79 heavy (non-hydrogen) atoms. The maximum Gasteiger partial charge on any atom is 0.306 e. The number of carbonyl (C=O) groups excluding carboxylic acids is 3. The van der Waals surface area contributed by atoms with Crippen LogP contribution in [0.25, 0.3) is 0 Å². The molecule has 0 aromatic carbocycles. The van der Waals surface area contributed by atoms with Gasteiger partial charge in [-0.25, -0.2) is 0 Å². The number of hydrogen-bond donors (Lipinski definition) is 0. The summed E-state index contributed by atoms with van der Waals surface area (Å²) in [6.45, 7) is 13.9. The Balaban J connectivity index is 4.27. The summed E-state index contributed by atoms with van der Waals surface area (Å²) in [5, 5.41) is 0. The number of hydrogen-bond acceptors (Lipinski definition) is 6. The monoisotopic (exact) mass is 1120 g/mol. The van der Waals surface area contributed by atoms with Gasteiger partial charge in [0, 0.05) is 19.3 Å². The van der Waals surface area contributed by atoms with Gasteiger partial charge in [-0.2, -0.15) is 0 Å². The van der Waals surface area contributed by atoms with Crippen molar-refractivity contribution in [2.45, 2.75) is 420 Å². The van der Waals surface area contributed by atoms with Crippen LogP contribution in [0.2, 0.25) is 0 Å². The molecule has 0 bridgehead atoms. The van der Waals surface area contributed by atoms with E-state index in [2.05, 4.69) is 41.5 Å². The second-order valence-corrected chi connectivity index (χ2v) is 26.4. The van der Waals surface area contributed by atoms with Gasteiger partial charge in [0.25, 0.3) is 0 Å². The Hall–Kier alpha value is -1.59. The minimum Gasteiger partial charge on any atom is -0.462 e.